The van der Waals surface area contributed by atoms with Gasteiger partial charge in [-0.2, -0.15) is 0 Å². The van der Waals surface area contributed by atoms with E-state index in [1.807, 2.05) is 0 Å². The van der Waals surface area contributed by atoms with Crippen molar-refractivity contribution in [2.45, 2.75) is 0 Å². The first-order chi connectivity index (χ1) is 20.9. The van der Waals surface area contributed by atoms with Gasteiger partial charge < -0.3 is 18.3 Å². The molecule has 0 saturated carbocycles. The Morgan fingerprint density at radius 1 is 0.477 bits per heavy atom. The van der Waals surface area contributed by atoms with Crippen molar-refractivity contribution in [3.8, 4) is 11.5 Å². The Hall–Kier alpha value is -3.76. The molecular weight excluding hydrogens is 701 g/mol. The van der Waals surface area contributed by atoms with Gasteiger partial charge in [-0.15, -0.1) is 0 Å². The standard InChI is InChI=1S/C30H10Cl6O8/c31-15-7-19(33)25(20(34)8-15)43-29(39)17-3-13-1-11-2-14-4-18(30(40)44-26-21(35)9-16(32)10-22(26)36)28(38)42-24(14)6-12(11)5-23(13)41-27(17)37/h1-10H. The van der Waals surface area contributed by atoms with Crippen LogP contribution < -0.4 is 20.7 Å². The monoisotopic (exact) mass is 708 g/mol. The summed E-state index contributed by atoms with van der Waals surface area (Å²) in [6.45, 7) is 0. The molecule has 0 saturated heterocycles. The third kappa shape index (κ3) is 5.73. The van der Waals surface area contributed by atoms with Gasteiger partial charge >= 0.3 is 23.2 Å². The summed E-state index contributed by atoms with van der Waals surface area (Å²) in [5.74, 6) is -2.47. The average Bonchev–Trinajstić information content (AvgIpc) is 2.94. The van der Waals surface area contributed by atoms with E-state index < -0.39 is 34.3 Å². The first-order valence-electron chi connectivity index (χ1n) is 12.1. The Balaban J connectivity index is 1.39. The van der Waals surface area contributed by atoms with Crippen molar-refractivity contribution in [2.75, 3.05) is 0 Å². The largest absolute Gasteiger partial charge is 0.422 e. The van der Waals surface area contributed by atoms with Gasteiger partial charge in [0.1, 0.15) is 22.3 Å². The van der Waals surface area contributed by atoms with E-state index in [1.165, 1.54) is 48.5 Å². The van der Waals surface area contributed by atoms with Crippen LogP contribution in [0.15, 0.2) is 79.1 Å². The van der Waals surface area contributed by atoms with Crippen molar-refractivity contribution in [3.63, 3.8) is 0 Å². The lowest BCUT2D eigenvalue weighted by Gasteiger charge is -2.10. The van der Waals surface area contributed by atoms with Crippen LogP contribution >= 0.6 is 69.6 Å². The molecule has 0 amide bonds. The maximum Gasteiger partial charge on any atom is 0.351 e. The zero-order valence-electron chi connectivity index (χ0n) is 21.3. The predicted molar refractivity (Wildman–Crippen MR) is 169 cm³/mol. The number of carbonyl (C=O) groups excluding carboxylic acids is 2. The molecule has 0 spiro atoms. The minimum absolute atomic E-state index is 0.0341. The number of hydrogen-bond donors (Lipinski definition) is 0. The minimum Gasteiger partial charge on any atom is -0.422 e. The first-order valence-corrected chi connectivity index (χ1v) is 14.4. The molecule has 0 N–H and O–H groups in total. The molecule has 6 rings (SSSR count). The third-order valence-corrected chi connectivity index (χ3v) is 7.86. The van der Waals surface area contributed by atoms with Crippen molar-refractivity contribution in [3.05, 3.63) is 123 Å². The predicted octanol–water partition coefficient (Wildman–Crippen LogP) is 9.41. The van der Waals surface area contributed by atoms with E-state index in [4.69, 9.17) is 87.9 Å². The van der Waals surface area contributed by atoms with Gasteiger partial charge in [-0.05, 0) is 71.4 Å². The lowest BCUT2D eigenvalue weighted by molar-refractivity contribution is 0.0721. The summed E-state index contributed by atoms with van der Waals surface area (Å²) in [5, 5.41) is 2.15. The van der Waals surface area contributed by atoms with E-state index in [-0.39, 0.29) is 52.8 Å². The number of rotatable bonds is 4. The molecule has 0 aliphatic heterocycles. The lowest BCUT2D eigenvalue weighted by atomic mass is 10.0. The number of fused-ring (bicyclic) bond motifs is 3. The van der Waals surface area contributed by atoms with Crippen LogP contribution in [-0.4, -0.2) is 11.9 Å². The molecular formula is C30H10Cl6O8. The first kappa shape index (κ1) is 30.3. The molecule has 2 aromatic heterocycles. The van der Waals surface area contributed by atoms with Crippen molar-refractivity contribution in [2.24, 2.45) is 0 Å². The number of esters is 2. The Morgan fingerprint density at radius 3 is 1.18 bits per heavy atom. The molecule has 0 radical (unpaired) electrons. The fraction of sp³-hybridized carbons (Fsp3) is 0. The molecule has 14 heteroatoms. The zero-order valence-corrected chi connectivity index (χ0v) is 25.8. The minimum atomic E-state index is -1.06. The maximum atomic E-state index is 12.9. The highest BCUT2D eigenvalue weighted by molar-refractivity contribution is 6.41. The average molecular weight is 711 g/mol. The highest BCUT2D eigenvalue weighted by atomic mass is 35.5. The molecule has 8 nitrogen and oxygen atoms in total. The van der Waals surface area contributed by atoms with Crippen molar-refractivity contribution >= 4 is 114 Å². The van der Waals surface area contributed by atoms with Crippen LogP contribution in [0.5, 0.6) is 11.5 Å². The molecule has 0 atom stereocenters. The van der Waals surface area contributed by atoms with Crippen LogP contribution in [0.3, 0.4) is 0 Å². The number of hydrogen-bond acceptors (Lipinski definition) is 8. The molecule has 220 valence electrons. The van der Waals surface area contributed by atoms with Gasteiger partial charge in [0.15, 0.2) is 11.5 Å². The smallest absolute Gasteiger partial charge is 0.351 e. The zero-order chi connectivity index (χ0) is 31.4. The summed E-state index contributed by atoms with van der Waals surface area (Å²) in [4.78, 5) is 51.2. The molecule has 0 aliphatic rings. The van der Waals surface area contributed by atoms with Crippen molar-refractivity contribution in [1.29, 1.82) is 0 Å². The Labute approximate surface area is 275 Å². The van der Waals surface area contributed by atoms with Crippen LogP contribution in [0, 0.1) is 0 Å². The summed E-state index contributed by atoms with van der Waals surface area (Å²) in [6, 6.07) is 14.2. The van der Waals surface area contributed by atoms with Gasteiger partial charge in [0.05, 0.1) is 20.1 Å². The third-order valence-electron chi connectivity index (χ3n) is 6.30. The molecule has 0 fully saturated rings. The molecule has 2 heterocycles. The fourth-order valence-corrected chi connectivity index (χ4v) is 6.11. The number of ether oxygens (including phenoxy) is 2. The Bertz CT molecular complexity index is 2140. The van der Waals surface area contributed by atoms with Gasteiger partial charge in [-0.1, -0.05) is 69.6 Å². The van der Waals surface area contributed by atoms with Gasteiger partial charge in [-0.3, -0.25) is 0 Å². The number of benzene rings is 4. The molecule has 44 heavy (non-hydrogen) atoms. The Kier molecular flexibility index (Phi) is 8.00. The molecule has 6 aromatic rings. The summed E-state index contributed by atoms with van der Waals surface area (Å²) < 4.78 is 21.3. The number of halogens is 6. The van der Waals surface area contributed by atoms with Crippen molar-refractivity contribution < 1.29 is 27.9 Å². The van der Waals surface area contributed by atoms with E-state index in [1.54, 1.807) is 12.1 Å². The number of carbonyl (C=O) groups is 2. The van der Waals surface area contributed by atoms with Gasteiger partial charge in [-0.25, -0.2) is 19.2 Å². The van der Waals surface area contributed by atoms with E-state index in [9.17, 15) is 19.2 Å². The Morgan fingerprint density at radius 2 is 0.818 bits per heavy atom. The van der Waals surface area contributed by atoms with E-state index in [2.05, 4.69) is 0 Å². The van der Waals surface area contributed by atoms with E-state index in [0.29, 0.717) is 21.5 Å². The van der Waals surface area contributed by atoms with Crippen LogP contribution in [0.25, 0.3) is 32.7 Å². The second kappa shape index (κ2) is 11.6. The lowest BCUT2D eigenvalue weighted by Crippen LogP contribution is -2.19. The molecule has 4 aromatic carbocycles. The van der Waals surface area contributed by atoms with E-state index in [0.717, 1.165) is 0 Å². The second-order valence-corrected chi connectivity index (χ2v) is 11.7. The van der Waals surface area contributed by atoms with Crippen LogP contribution in [0.2, 0.25) is 30.1 Å². The van der Waals surface area contributed by atoms with Crippen LogP contribution in [0.4, 0.5) is 0 Å². The second-order valence-electron chi connectivity index (χ2n) is 9.20. The topological polar surface area (TPSA) is 113 Å². The fourth-order valence-electron chi connectivity index (χ4n) is 4.32. The normalized spacial score (nSPS) is 11.3. The molecule has 0 unspecified atom stereocenters. The van der Waals surface area contributed by atoms with Crippen molar-refractivity contribution in [1.82, 2.24) is 0 Å². The highest BCUT2D eigenvalue weighted by Gasteiger charge is 2.22. The van der Waals surface area contributed by atoms with Crippen LogP contribution in [0.1, 0.15) is 20.7 Å². The summed E-state index contributed by atoms with van der Waals surface area (Å²) in [6.07, 6.45) is 0. The van der Waals surface area contributed by atoms with E-state index >= 15 is 0 Å². The quantitative estimate of drug-likeness (QED) is 0.0770. The molecule has 0 bridgehead atoms. The van der Waals surface area contributed by atoms with Gasteiger partial charge in [0.2, 0.25) is 0 Å². The summed E-state index contributed by atoms with van der Waals surface area (Å²) in [5.41, 5.74) is -2.51. The van der Waals surface area contributed by atoms with Crippen LogP contribution in [-0.2, 0) is 0 Å². The summed E-state index contributed by atoms with van der Waals surface area (Å²) in [7, 11) is 0. The summed E-state index contributed by atoms with van der Waals surface area (Å²) >= 11 is 36.2. The molecule has 0 aliphatic carbocycles. The highest BCUT2D eigenvalue weighted by Crippen LogP contribution is 2.37. The SMILES string of the molecule is O=C(Oc1c(Cl)cc(Cl)cc1Cl)c1cc2cc3cc4cc(C(=O)Oc5c(Cl)cc(Cl)cc5Cl)c(=O)oc4cc3cc2oc1=O. The van der Waals surface area contributed by atoms with Gasteiger partial charge in [0.25, 0.3) is 0 Å². The van der Waals surface area contributed by atoms with Gasteiger partial charge in [0, 0.05) is 20.8 Å². The maximum absolute atomic E-state index is 12.9.